The minimum atomic E-state index is 0.498. The highest BCUT2D eigenvalue weighted by Crippen LogP contribution is 2.27. The number of fused-ring (bicyclic) bond motifs is 1. The molecule has 0 saturated heterocycles. The zero-order chi connectivity index (χ0) is 13.2. The topological polar surface area (TPSA) is 42.7 Å². The Labute approximate surface area is 119 Å². The van der Waals surface area contributed by atoms with Gasteiger partial charge in [-0.25, -0.2) is 4.98 Å². The Balaban J connectivity index is 1.85. The van der Waals surface area contributed by atoms with Gasteiger partial charge >= 0.3 is 0 Å². The lowest BCUT2D eigenvalue weighted by atomic mass is 10.2. The van der Waals surface area contributed by atoms with Gasteiger partial charge in [0.1, 0.15) is 5.15 Å². The van der Waals surface area contributed by atoms with Crippen molar-refractivity contribution in [2.75, 3.05) is 4.72 Å². The molecule has 3 aromatic rings. The number of nitrogens with zero attached hydrogens (tertiary/aromatic N) is 3. The summed E-state index contributed by atoms with van der Waals surface area (Å²) in [6, 6.07) is 9.78. The number of para-hydroxylation sites is 1. The number of halogens is 1. The minimum Gasteiger partial charge on any atom is -0.324 e. The van der Waals surface area contributed by atoms with Gasteiger partial charge in [0.05, 0.1) is 17.4 Å². The van der Waals surface area contributed by atoms with Crippen LogP contribution in [0.5, 0.6) is 0 Å². The van der Waals surface area contributed by atoms with Crippen LogP contribution < -0.4 is 4.72 Å². The first-order valence-electron chi connectivity index (χ1n) is 5.69. The van der Waals surface area contributed by atoms with Crippen LogP contribution in [0.4, 0.5) is 5.69 Å². The van der Waals surface area contributed by atoms with Gasteiger partial charge in [-0.1, -0.05) is 23.7 Å². The number of nitrogens with one attached hydrogen (secondary N) is 1. The van der Waals surface area contributed by atoms with Crippen molar-refractivity contribution in [2.45, 2.75) is 4.90 Å². The van der Waals surface area contributed by atoms with Crippen molar-refractivity contribution in [3.8, 4) is 0 Å². The standard InChI is InChI=1S/C13H11ClN4S/c1-18-13-9(7-16-18)3-2-4-11(13)17-19-10-5-6-12(14)15-8-10/h2-8,17H,1H3. The number of aryl methyl sites for hydroxylation is 1. The Hall–Kier alpha value is -1.72. The Morgan fingerprint density at radius 3 is 2.89 bits per heavy atom. The lowest BCUT2D eigenvalue weighted by molar-refractivity contribution is 0.798. The van der Waals surface area contributed by atoms with Crippen molar-refractivity contribution in [1.29, 1.82) is 0 Å². The molecule has 0 radical (unpaired) electrons. The van der Waals surface area contributed by atoms with Crippen LogP contribution in [-0.4, -0.2) is 14.8 Å². The van der Waals surface area contributed by atoms with Crippen molar-refractivity contribution in [1.82, 2.24) is 14.8 Å². The molecule has 0 aliphatic carbocycles. The highest BCUT2D eigenvalue weighted by Gasteiger charge is 2.05. The van der Waals surface area contributed by atoms with Crippen molar-refractivity contribution in [3.05, 3.63) is 47.9 Å². The predicted octanol–water partition coefficient (Wildman–Crippen LogP) is 3.74. The first kappa shape index (κ1) is 12.3. The SMILES string of the molecule is Cn1ncc2cccc(NSc3ccc(Cl)nc3)c21. The maximum Gasteiger partial charge on any atom is 0.129 e. The van der Waals surface area contributed by atoms with E-state index in [1.54, 1.807) is 12.3 Å². The quantitative estimate of drug-likeness (QED) is 0.589. The van der Waals surface area contributed by atoms with E-state index >= 15 is 0 Å². The van der Waals surface area contributed by atoms with E-state index < -0.39 is 0 Å². The number of rotatable bonds is 3. The summed E-state index contributed by atoms with van der Waals surface area (Å²) in [5.41, 5.74) is 2.11. The summed E-state index contributed by atoms with van der Waals surface area (Å²) in [6.45, 7) is 0. The first-order valence-corrected chi connectivity index (χ1v) is 6.88. The van der Waals surface area contributed by atoms with E-state index in [2.05, 4.69) is 14.8 Å². The number of benzene rings is 1. The van der Waals surface area contributed by atoms with Crippen molar-refractivity contribution >= 4 is 40.1 Å². The molecule has 0 aliphatic heterocycles. The van der Waals surface area contributed by atoms with Gasteiger partial charge in [0.2, 0.25) is 0 Å². The zero-order valence-electron chi connectivity index (χ0n) is 10.2. The number of aromatic nitrogens is 3. The van der Waals surface area contributed by atoms with Crippen LogP contribution in [0.25, 0.3) is 10.9 Å². The number of anilines is 1. The molecule has 0 atom stereocenters. The smallest absolute Gasteiger partial charge is 0.129 e. The van der Waals surface area contributed by atoms with Crippen LogP contribution >= 0.6 is 23.5 Å². The van der Waals surface area contributed by atoms with Gasteiger partial charge in [0, 0.05) is 23.5 Å². The number of hydrogen-bond acceptors (Lipinski definition) is 4. The monoisotopic (exact) mass is 290 g/mol. The van der Waals surface area contributed by atoms with Crippen LogP contribution in [0.1, 0.15) is 0 Å². The molecule has 0 spiro atoms. The molecule has 2 aromatic heterocycles. The second kappa shape index (κ2) is 5.11. The van der Waals surface area contributed by atoms with Gasteiger partial charge in [-0.2, -0.15) is 5.10 Å². The van der Waals surface area contributed by atoms with E-state index in [1.807, 2.05) is 42.2 Å². The van der Waals surface area contributed by atoms with E-state index in [9.17, 15) is 0 Å². The average molecular weight is 291 g/mol. The maximum atomic E-state index is 5.76. The van der Waals surface area contributed by atoms with Gasteiger partial charge in [0.15, 0.2) is 0 Å². The molecule has 1 aromatic carbocycles. The molecule has 19 heavy (non-hydrogen) atoms. The Morgan fingerprint density at radius 1 is 1.21 bits per heavy atom. The molecule has 0 unspecified atom stereocenters. The minimum absolute atomic E-state index is 0.498. The van der Waals surface area contributed by atoms with Crippen molar-refractivity contribution in [2.24, 2.45) is 7.05 Å². The lowest BCUT2D eigenvalue weighted by Gasteiger charge is -2.07. The second-order valence-corrected chi connectivity index (χ2v) is 5.30. The summed E-state index contributed by atoms with van der Waals surface area (Å²) in [6.07, 6.45) is 3.60. The molecule has 0 amide bonds. The largest absolute Gasteiger partial charge is 0.324 e. The average Bonchev–Trinajstić information content (AvgIpc) is 2.81. The normalized spacial score (nSPS) is 10.8. The Kier molecular flexibility index (Phi) is 3.31. The highest BCUT2D eigenvalue weighted by molar-refractivity contribution is 8.00. The van der Waals surface area contributed by atoms with E-state index in [1.165, 1.54) is 11.9 Å². The fourth-order valence-corrected chi connectivity index (χ4v) is 2.60. The number of pyridine rings is 1. The van der Waals surface area contributed by atoms with Crippen molar-refractivity contribution < 1.29 is 0 Å². The maximum absolute atomic E-state index is 5.76. The number of hydrogen-bond donors (Lipinski definition) is 1. The highest BCUT2D eigenvalue weighted by atomic mass is 35.5. The molecule has 4 nitrogen and oxygen atoms in total. The van der Waals surface area contributed by atoms with Crippen LogP contribution in [0.15, 0.2) is 47.6 Å². The molecule has 2 heterocycles. The third kappa shape index (κ3) is 2.52. The molecule has 6 heteroatoms. The molecule has 1 N–H and O–H groups in total. The third-order valence-corrected chi connectivity index (χ3v) is 3.76. The second-order valence-electron chi connectivity index (χ2n) is 4.03. The van der Waals surface area contributed by atoms with E-state index in [0.29, 0.717) is 5.15 Å². The summed E-state index contributed by atoms with van der Waals surface area (Å²) < 4.78 is 5.18. The molecule has 0 bridgehead atoms. The van der Waals surface area contributed by atoms with Gasteiger partial charge in [-0.15, -0.1) is 0 Å². The van der Waals surface area contributed by atoms with E-state index in [0.717, 1.165) is 21.5 Å². The summed E-state index contributed by atoms with van der Waals surface area (Å²) in [5.74, 6) is 0. The molecule has 0 saturated carbocycles. The van der Waals surface area contributed by atoms with Crippen LogP contribution in [0.3, 0.4) is 0 Å². The third-order valence-electron chi connectivity index (χ3n) is 2.74. The molecule has 0 fully saturated rings. The van der Waals surface area contributed by atoms with Gasteiger partial charge in [-0.05, 0) is 30.1 Å². The fraction of sp³-hybridized carbons (Fsp3) is 0.0769. The Bertz CT molecular complexity index is 708. The van der Waals surface area contributed by atoms with Crippen LogP contribution in [0.2, 0.25) is 5.15 Å². The summed E-state index contributed by atoms with van der Waals surface area (Å²) in [4.78, 5) is 5.05. The summed E-state index contributed by atoms with van der Waals surface area (Å²) in [5, 5.41) is 5.87. The van der Waals surface area contributed by atoms with E-state index in [-0.39, 0.29) is 0 Å². The first-order chi connectivity index (χ1) is 9.24. The molecular weight excluding hydrogens is 280 g/mol. The molecule has 0 aliphatic rings. The molecular formula is C13H11ClN4S. The van der Waals surface area contributed by atoms with Gasteiger partial charge in [-0.3, -0.25) is 4.68 Å². The van der Waals surface area contributed by atoms with Crippen LogP contribution in [-0.2, 0) is 7.05 Å². The predicted molar refractivity (Wildman–Crippen MR) is 79.4 cm³/mol. The van der Waals surface area contributed by atoms with Crippen LogP contribution in [0, 0.1) is 0 Å². The zero-order valence-corrected chi connectivity index (χ0v) is 11.7. The van der Waals surface area contributed by atoms with Gasteiger partial charge in [0.25, 0.3) is 0 Å². The lowest BCUT2D eigenvalue weighted by Crippen LogP contribution is -1.94. The van der Waals surface area contributed by atoms with E-state index in [4.69, 9.17) is 11.6 Å². The van der Waals surface area contributed by atoms with Gasteiger partial charge < -0.3 is 4.72 Å². The van der Waals surface area contributed by atoms with Crippen molar-refractivity contribution in [3.63, 3.8) is 0 Å². The molecule has 96 valence electrons. The molecule has 3 rings (SSSR count). The fourth-order valence-electron chi connectivity index (χ4n) is 1.85. The summed E-state index contributed by atoms with van der Waals surface area (Å²) >= 11 is 7.26. The Morgan fingerprint density at radius 2 is 2.11 bits per heavy atom. The summed E-state index contributed by atoms with van der Waals surface area (Å²) in [7, 11) is 1.93.